The molecule has 9 nitrogen and oxygen atoms in total. The number of nitrogens with zero attached hydrogens (tertiary/aromatic N) is 4. The van der Waals surface area contributed by atoms with Gasteiger partial charge in [0.15, 0.2) is 17.0 Å². The van der Waals surface area contributed by atoms with Crippen LogP contribution in [0.15, 0.2) is 43.0 Å². The second kappa shape index (κ2) is 7.03. The van der Waals surface area contributed by atoms with Crippen LogP contribution in [-0.4, -0.2) is 55.4 Å². The van der Waals surface area contributed by atoms with E-state index >= 15 is 0 Å². The molecule has 3 heterocycles. The SMILES string of the molecule is [2H]OC(C[3H])[C@H]1O[C@@H](n2cnc3c(NC(=O)c4ccccc4)ncnc32)CC1O. The van der Waals surface area contributed by atoms with Crippen LogP contribution in [0.2, 0.25) is 0 Å². The number of aliphatic hydroxyl groups excluding tert-OH is 2. The van der Waals surface area contributed by atoms with E-state index in [0.717, 1.165) is 0 Å². The number of hydrogen-bond acceptors (Lipinski definition) is 7. The molecule has 0 radical (unpaired) electrons. The van der Waals surface area contributed by atoms with E-state index in [1.807, 2.05) is 6.07 Å². The first-order valence-corrected chi connectivity index (χ1v) is 8.41. The molecule has 2 unspecified atom stereocenters. The number of ether oxygens (including phenoxy) is 1. The van der Waals surface area contributed by atoms with Crippen LogP contribution in [0.5, 0.6) is 0 Å². The molecule has 140 valence electrons. The third kappa shape index (κ3) is 3.27. The van der Waals surface area contributed by atoms with Crippen LogP contribution < -0.4 is 5.32 Å². The predicted molar refractivity (Wildman–Crippen MR) is 95.9 cm³/mol. The molecule has 2 aromatic heterocycles. The number of carbonyl (C=O) groups is 1. The number of hydrogen-bond donors (Lipinski definition) is 3. The molecule has 0 spiro atoms. The molecule has 1 amide bonds. The molecule has 1 saturated heterocycles. The number of aliphatic hydroxyl groups is 2. The average molecular weight is 372 g/mol. The number of aromatic nitrogens is 4. The van der Waals surface area contributed by atoms with Gasteiger partial charge in [0, 0.05) is 13.4 Å². The van der Waals surface area contributed by atoms with E-state index in [2.05, 4.69) is 25.4 Å². The van der Waals surface area contributed by atoms with Gasteiger partial charge in [-0.3, -0.25) is 9.36 Å². The molecule has 1 aliphatic heterocycles. The summed E-state index contributed by atoms with van der Waals surface area (Å²) in [4.78, 5) is 25.1. The zero-order valence-corrected chi connectivity index (χ0v) is 14.2. The minimum absolute atomic E-state index is 0.208. The second-order valence-corrected chi connectivity index (χ2v) is 6.26. The summed E-state index contributed by atoms with van der Waals surface area (Å²) in [5, 5.41) is 17.5. The van der Waals surface area contributed by atoms with E-state index in [4.69, 9.17) is 7.54 Å². The maximum absolute atomic E-state index is 12.4. The van der Waals surface area contributed by atoms with Gasteiger partial charge < -0.3 is 20.3 Å². The van der Waals surface area contributed by atoms with Crippen molar-refractivity contribution in [3.05, 3.63) is 48.5 Å². The van der Waals surface area contributed by atoms with Gasteiger partial charge in [-0.2, -0.15) is 0 Å². The van der Waals surface area contributed by atoms with E-state index in [-0.39, 0.29) is 25.0 Å². The minimum atomic E-state index is -0.891. The fourth-order valence-corrected chi connectivity index (χ4v) is 3.11. The highest BCUT2D eigenvalue weighted by Crippen LogP contribution is 2.33. The highest BCUT2D eigenvalue weighted by Gasteiger charge is 2.38. The Balaban J connectivity index is 1.59. The molecule has 27 heavy (non-hydrogen) atoms. The van der Waals surface area contributed by atoms with Crippen molar-refractivity contribution < 1.29 is 21.1 Å². The smallest absolute Gasteiger partial charge is 0.256 e. The van der Waals surface area contributed by atoms with E-state index in [9.17, 15) is 9.90 Å². The van der Waals surface area contributed by atoms with E-state index in [1.165, 1.54) is 12.7 Å². The lowest BCUT2D eigenvalue weighted by molar-refractivity contribution is -0.0750. The van der Waals surface area contributed by atoms with Gasteiger partial charge >= 0.3 is 0 Å². The molecule has 1 fully saturated rings. The van der Waals surface area contributed by atoms with E-state index < -0.39 is 24.5 Å². The molecule has 0 saturated carbocycles. The highest BCUT2D eigenvalue weighted by atomic mass is 16.5. The molecule has 0 bridgehead atoms. The number of anilines is 1. The standard InChI is InChI=1S/C18H19N5O4/c1-10(24)15-12(25)7-13(27-15)23-9-21-14-16(19-8-20-17(14)23)22-18(26)11-5-3-2-4-6-11/h2-6,8-10,12-13,15,24-25H,7H2,1H3,(H,19,20,22,26)/t10?,12?,13-,15-/m1/s1/i1T,24D. The Bertz CT molecular complexity index is 998. The topological polar surface area (TPSA) is 122 Å². The van der Waals surface area contributed by atoms with Crippen molar-refractivity contribution >= 4 is 22.9 Å². The number of carbonyl (C=O) groups excluding carboxylic acids is 1. The summed E-state index contributed by atoms with van der Waals surface area (Å²) in [6.45, 7) is -0.208. The minimum Gasteiger partial charge on any atom is -0.391 e. The number of rotatable bonds is 5. The summed E-state index contributed by atoms with van der Waals surface area (Å²) in [5.41, 5.74) is 1.29. The van der Waals surface area contributed by atoms with Crippen LogP contribution in [0.25, 0.3) is 11.2 Å². The van der Waals surface area contributed by atoms with Crippen molar-refractivity contribution in [1.29, 1.82) is 1.43 Å². The normalized spacial score (nSPS) is 24.4. The van der Waals surface area contributed by atoms with E-state index in [0.29, 0.717) is 16.7 Å². The monoisotopic (exact) mass is 372 g/mol. The molecule has 1 aromatic carbocycles. The van der Waals surface area contributed by atoms with Crippen LogP contribution in [-0.2, 0) is 4.74 Å². The fraction of sp³-hybridized carbons (Fsp3) is 0.333. The van der Waals surface area contributed by atoms with Crippen molar-refractivity contribution in [1.82, 2.24) is 19.5 Å². The molecule has 3 aromatic rings. The van der Waals surface area contributed by atoms with Crippen LogP contribution >= 0.6 is 0 Å². The zero-order chi connectivity index (χ0) is 20.4. The van der Waals surface area contributed by atoms with Crippen LogP contribution in [0.4, 0.5) is 5.82 Å². The van der Waals surface area contributed by atoms with Gasteiger partial charge in [0.1, 0.15) is 18.7 Å². The maximum Gasteiger partial charge on any atom is 0.256 e. The fourth-order valence-electron chi connectivity index (χ4n) is 3.11. The molecule has 0 aliphatic carbocycles. The molecular weight excluding hydrogens is 350 g/mol. The first kappa shape index (κ1) is 15.2. The Hall–Kier alpha value is -2.88. The third-order valence-electron chi connectivity index (χ3n) is 4.44. The van der Waals surface area contributed by atoms with Gasteiger partial charge in [0.2, 0.25) is 1.43 Å². The molecule has 4 atom stereocenters. The summed E-state index contributed by atoms with van der Waals surface area (Å²) in [6.07, 6.45) is -0.121. The van der Waals surface area contributed by atoms with Crippen molar-refractivity contribution in [2.45, 2.75) is 37.9 Å². The van der Waals surface area contributed by atoms with Gasteiger partial charge in [0.05, 0.1) is 18.5 Å². The molecule has 1 aliphatic rings. The van der Waals surface area contributed by atoms with E-state index in [1.54, 1.807) is 28.8 Å². The Morgan fingerprint density at radius 3 is 3.07 bits per heavy atom. The second-order valence-electron chi connectivity index (χ2n) is 6.26. The summed E-state index contributed by atoms with van der Waals surface area (Å²) in [6, 6.07) is 8.74. The summed E-state index contributed by atoms with van der Waals surface area (Å²) >= 11 is 0. The Morgan fingerprint density at radius 2 is 2.30 bits per heavy atom. The molecule has 3 N–H and O–H groups in total. The Morgan fingerprint density at radius 1 is 1.44 bits per heavy atom. The zero-order valence-electron chi connectivity index (χ0n) is 16.2. The van der Waals surface area contributed by atoms with Crippen LogP contribution in [0, 0.1) is 0 Å². The third-order valence-corrected chi connectivity index (χ3v) is 4.44. The largest absolute Gasteiger partial charge is 0.391 e. The van der Waals surface area contributed by atoms with Gasteiger partial charge in [-0.15, -0.1) is 0 Å². The number of fused-ring (bicyclic) bond motifs is 1. The predicted octanol–water partition coefficient (Wildman–Crippen LogP) is 1.11. The van der Waals surface area contributed by atoms with Gasteiger partial charge in [-0.1, -0.05) is 18.2 Å². The Labute approximate surface area is 157 Å². The summed E-state index contributed by atoms with van der Waals surface area (Å²) < 4.78 is 21.9. The number of imidazole rings is 1. The lowest BCUT2D eigenvalue weighted by Crippen LogP contribution is -2.32. The van der Waals surface area contributed by atoms with Crippen molar-refractivity contribution in [2.75, 3.05) is 5.32 Å². The van der Waals surface area contributed by atoms with Crippen molar-refractivity contribution in [3.8, 4) is 0 Å². The van der Waals surface area contributed by atoms with Crippen molar-refractivity contribution in [2.24, 2.45) is 0 Å². The van der Waals surface area contributed by atoms with Gasteiger partial charge in [-0.25, -0.2) is 15.0 Å². The first-order valence-electron chi connectivity index (χ1n) is 9.52. The molecule has 4 rings (SSSR count). The van der Waals surface area contributed by atoms with Gasteiger partial charge in [0.25, 0.3) is 5.91 Å². The number of benzene rings is 1. The number of nitrogens with one attached hydrogen (secondary N) is 1. The lowest BCUT2D eigenvalue weighted by Gasteiger charge is -2.17. The molecule has 9 heteroatoms. The average Bonchev–Trinajstić information content (AvgIpc) is 3.34. The van der Waals surface area contributed by atoms with Crippen molar-refractivity contribution in [3.63, 3.8) is 0 Å². The summed E-state index contributed by atoms with van der Waals surface area (Å²) in [5.74, 6) is -0.0603. The lowest BCUT2D eigenvalue weighted by atomic mass is 10.1. The highest BCUT2D eigenvalue weighted by molar-refractivity contribution is 6.06. The maximum atomic E-state index is 12.4. The quantitative estimate of drug-likeness (QED) is 0.613. The van der Waals surface area contributed by atoms with Crippen LogP contribution in [0.3, 0.4) is 0 Å². The van der Waals surface area contributed by atoms with Gasteiger partial charge in [-0.05, 0) is 19.0 Å². The number of amides is 1. The van der Waals surface area contributed by atoms with Crippen LogP contribution in [0.1, 0.15) is 31.3 Å². The first-order chi connectivity index (χ1) is 14.1. The molecular formula is C18H19N5O4. The summed E-state index contributed by atoms with van der Waals surface area (Å²) in [7, 11) is 0. The Kier molecular flexibility index (Phi) is 3.96.